The summed E-state index contributed by atoms with van der Waals surface area (Å²) in [5.74, 6) is -0.0335. The van der Waals surface area contributed by atoms with Gasteiger partial charge in [-0.3, -0.25) is 10.6 Å². The third-order valence-corrected chi connectivity index (χ3v) is 10.1. The maximum atomic E-state index is 12.7. The molecular formula is C44H35N5O4S2. The number of ether oxygens (including phenoxy) is 2. The van der Waals surface area contributed by atoms with Gasteiger partial charge in [0.1, 0.15) is 13.2 Å². The van der Waals surface area contributed by atoms with E-state index in [2.05, 4.69) is 75.1 Å². The number of hydrogen-bond acceptors (Lipinski definition) is 6. The molecule has 8 rings (SSSR count). The maximum absolute atomic E-state index is 12.7. The molecule has 0 saturated carbocycles. The molecule has 9 nitrogen and oxygen atoms in total. The zero-order valence-corrected chi connectivity index (χ0v) is 31.0. The van der Waals surface area contributed by atoms with E-state index in [0.29, 0.717) is 22.7 Å². The van der Waals surface area contributed by atoms with Crippen molar-refractivity contribution in [2.75, 3.05) is 34.5 Å². The highest BCUT2D eigenvalue weighted by Crippen LogP contribution is 2.45. The Hall–Kier alpha value is -6.56. The lowest BCUT2D eigenvalue weighted by molar-refractivity contribution is 0.157. The van der Waals surface area contributed by atoms with Crippen molar-refractivity contribution in [3.05, 3.63) is 168 Å². The number of fused-ring (bicyclic) bond motifs is 6. The Labute approximate surface area is 329 Å². The van der Waals surface area contributed by atoms with Crippen molar-refractivity contribution in [2.24, 2.45) is 0 Å². The molecule has 11 heteroatoms. The molecule has 0 heterocycles. The van der Waals surface area contributed by atoms with E-state index in [1.165, 1.54) is 22.3 Å². The number of amides is 2. The van der Waals surface area contributed by atoms with Crippen molar-refractivity contribution >= 4 is 69.6 Å². The third-order valence-electron chi connectivity index (χ3n) is 9.69. The van der Waals surface area contributed by atoms with Gasteiger partial charge in [-0.25, -0.2) is 9.59 Å². The molecule has 0 aromatic heterocycles. The average Bonchev–Trinajstić information content (AvgIpc) is 3.70. The van der Waals surface area contributed by atoms with Crippen LogP contribution in [-0.2, 0) is 9.47 Å². The Morgan fingerprint density at radius 1 is 0.418 bits per heavy atom. The fourth-order valence-electron chi connectivity index (χ4n) is 7.21. The molecule has 2 aliphatic carbocycles. The Bertz CT molecular complexity index is 2160. The minimum Gasteiger partial charge on any atom is -0.448 e. The Kier molecular flexibility index (Phi) is 10.2. The molecule has 0 saturated heterocycles. The Balaban J connectivity index is 0.763. The summed E-state index contributed by atoms with van der Waals surface area (Å²) in [7, 11) is 0. The Morgan fingerprint density at radius 2 is 0.691 bits per heavy atom. The lowest BCUT2D eigenvalue weighted by Crippen LogP contribution is -2.37. The van der Waals surface area contributed by atoms with Crippen LogP contribution in [0.1, 0.15) is 34.1 Å². The molecule has 0 fully saturated rings. The number of rotatable bonds is 8. The van der Waals surface area contributed by atoms with Crippen LogP contribution in [0.15, 0.2) is 146 Å². The topological polar surface area (TPSA) is 113 Å². The van der Waals surface area contributed by atoms with Crippen molar-refractivity contribution in [2.45, 2.75) is 11.8 Å². The smallest absolute Gasteiger partial charge is 0.411 e. The molecule has 0 bridgehead atoms. The molecule has 0 spiro atoms. The van der Waals surface area contributed by atoms with E-state index in [9.17, 15) is 9.59 Å². The lowest BCUT2D eigenvalue weighted by Gasteiger charge is -2.15. The van der Waals surface area contributed by atoms with Gasteiger partial charge in [-0.15, -0.1) is 0 Å². The summed E-state index contributed by atoms with van der Waals surface area (Å²) >= 11 is 10.9. The highest BCUT2D eigenvalue weighted by Gasteiger charge is 2.30. The van der Waals surface area contributed by atoms with Gasteiger partial charge < -0.3 is 25.4 Å². The molecule has 0 radical (unpaired) electrons. The summed E-state index contributed by atoms with van der Waals surface area (Å²) in [4.78, 5) is 25.4. The van der Waals surface area contributed by atoms with Crippen LogP contribution in [0.25, 0.3) is 22.3 Å². The second kappa shape index (κ2) is 15.8. The largest absolute Gasteiger partial charge is 0.448 e. The molecule has 0 aliphatic heterocycles. The number of benzene rings is 6. The quantitative estimate of drug-likeness (QED) is 0.0968. The molecule has 2 aliphatic rings. The van der Waals surface area contributed by atoms with E-state index in [4.69, 9.17) is 33.9 Å². The van der Waals surface area contributed by atoms with Crippen molar-refractivity contribution < 1.29 is 19.1 Å². The van der Waals surface area contributed by atoms with E-state index < -0.39 is 12.2 Å². The van der Waals surface area contributed by atoms with Gasteiger partial charge in [-0.1, -0.05) is 97.1 Å². The fourth-order valence-corrected chi connectivity index (χ4v) is 7.71. The summed E-state index contributed by atoms with van der Waals surface area (Å²) < 4.78 is 11.3. The molecule has 55 heavy (non-hydrogen) atoms. The van der Waals surface area contributed by atoms with Gasteiger partial charge >= 0.3 is 12.2 Å². The molecule has 6 aromatic carbocycles. The highest BCUT2D eigenvalue weighted by atomic mass is 32.1. The fraction of sp³-hybridized carbons (Fsp3) is 0.0909. The summed E-state index contributed by atoms with van der Waals surface area (Å²) in [5.41, 5.74) is 11.9. The minimum absolute atomic E-state index is 0.0167. The van der Waals surface area contributed by atoms with Crippen LogP contribution in [0, 0.1) is 0 Å². The predicted octanol–water partition coefficient (Wildman–Crippen LogP) is 10.1. The van der Waals surface area contributed by atoms with Crippen LogP contribution in [0.2, 0.25) is 0 Å². The SMILES string of the molecule is O=C(Nc1ccc(NC(=S)NC(=S)Nc2ccc(NC(=O)OCC3c4ccccc4-c4ccccc43)cc2)cc1)OCC1c2ccccc2-c2ccccc21. The number of carbonyl (C=O) groups is 2. The van der Waals surface area contributed by atoms with Crippen LogP contribution in [0.4, 0.5) is 32.3 Å². The summed E-state index contributed by atoms with van der Waals surface area (Å²) in [5, 5.41) is 15.3. The molecule has 0 unspecified atom stereocenters. The molecule has 0 atom stereocenters. The van der Waals surface area contributed by atoms with Crippen LogP contribution in [0.3, 0.4) is 0 Å². The van der Waals surface area contributed by atoms with Crippen LogP contribution >= 0.6 is 24.4 Å². The minimum atomic E-state index is -0.530. The molecule has 272 valence electrons. The summed E-state index contributed by atoms with van der Waals surface area (Å²) in [6.45, 7) is 0.464. The predicted molar refractivity (Wildman–Crippen MR) is 226 cm³/mol. The normalized spacial score (nSPS) is 12.3. The first-order valence-electron chi connectivity index (χ1n) is 17.7. The van der Waals surface area contributed by atoms with Gasteiger partial charge in [0.15, 0.2) is 10.2 Å². The van der Waals surface area contributed by atoms with E-state index in [-0.39, 0.29) is 35.3 Å². The summed E-state index contributed by atoms with van der Waals surface area (Å²) in [6, 6.07) is 47.0. The Morgan fingerprint density at radius 3 is 1.00 bits per heavy atom. The number of hydrogen-bond donors (Lipinski definition) is 5. The number of carbonyl (C=O) groups excluding carboxylic acids is 2. The van der Waals surface area contributed by atoms with E-state index >= 15 is 0 Å². The van der Waals surface area contributed by atoms with Crippen LogP contribution < -0.4 is 26.6 Å². The summed E-state index contributed by atoms with van der Waals surface area (Å²) in [6.07, 6.45) is -1.06. The van der Waals surface area contributed by atoms with Crippen LogP contribution in [0.5, 0.6) is 0 Å². The van der Waals surface area contributed by atoms with Gasteiger partial charge in [-0.05, 0) is 117 Å². The number of anilines is 4. The first-order valence-corrected chi connectivity index (χ1v) is 18.5. The van der Waals surface area contributed by atoms with Crippen molar-refractivity contribution in [3.8, 4) is 22.3 Å². The van der Waals surface area contributed by atoms with E-state index in [1.54, 1.807) is 48.5 Å². The molecule has 2 amide bonds. The standard InChI is InChI=1S/C44H35N5O4S2/c50-43(52-25-39-35-13-5-1-9-31(35)32-10-2-6-14-36(32)39)47-29-21-17-27(18-22-29)45-41(54)49-42(55)46-28-19-23-30(24-20-28)48-44(51)53-26-40-37-15-7-3-11-33(37)34-12-4-8-16-38(34)40/h1-24,39-40H,25-26H2,(H,47,50)(H,48,51)(H3,45,46,49,54,55). The number of nitrogens with one attached hydrogen (secondary N) is 5. The monoisotopic (exact) mass is 761 g/mol. The average molecular weight is 762 g/mol. The zero-order valence-electron chi connectivity index (χ0n) is 29.4. The van der Waals surface area contributed by atoms with Crippen LogP contribution in [-0.4, -0.2) is 35.6 Å². The highest BCUT2D eigenvalue weighted by molar-refractivity contribution is 7.82. The van der Waals surface area contributed by atoms with Gasteiger partial charge in [-0.2, -0.15) is 0 Å². The van der Waals surface area contributed by atoms with Gasteiger partial charge in [0.25, 0.3) is 0 Å². The zero-order chi connectivity index (χ0) is 37.7. The molecular weight excluding hydrogens is 727 g/mol. The molecule has 6 aromatic rings. The van der Waals surface area contributed by atoms with Crippen molar-refractivity contribution in [1.29, 1.82) is 0 Å². The lowest BCUT2D eigenvalue weighted by atomic mass is 9.98. The van der Waals surface area contributed by atoms with E-state index in [1.807, 2.05) is 48.5 Å². The van der Waals surface area contributed by atoms with Crippen molar-refractivity contribution in [3.63, 3.8) is 0 Å². The second-order valence-electron chi connectivity index (χ2n) is 13.1. The maximum Gasteiger partial charge on any atom is 0.411 e. The van der Waals surface area contributed by atoms with Crippen molar-refractivity contribution in [1.82, 2.24) is 5.32 Å². The number of thiocarbonyl (C=S) groups is 2. The van der Waals surface area contributed by atoms with E-state index in [0.717, 1.165) is 22.3 Å². The van der Waals surface area contributed by atoms with Gasteiger partial charge in [0.05, 0.1) is 0 Å². The molecule has 5 N–H and O–H groups in total. The first kappa shape index (κ1) is 35.5. The second-order valence-corrected chi connectivity index (χ2v) is 13.9. The third kappa shape index (κ3) is 7.89. The first-order chi connectivity index (χ1) is 26.9. The van der Waals surface area contributed by atoms with Gasteiger partial charge in [0.2, 0.25) is 0 Å². The van der Waals surface area contributed by atoms with Gasteiger partial charge in [0, 0.05) is 34.6 Å².